The van der Waals surface area contributed by atoms with Crippen molar-refractivity contribution in [1.29, 1.82) is 0 Å². The minimum absolute atomic E-state index is 0.218. The first kappa shape index (κ1) is 16.3. The molecule has 0 aliphatic carbocycles. The summed E-state index contributed by atoms with van der Waals surface area (Å²) >= 11 is 0. The van der Waals surface area contributed by atoms with Crippen LogP contribution in [-0.4, -0.2) is 52.7 Å². The van der Waals surface area contributed by atoms with Crippen LogP contribution in [0.2, 0.25) is 0 Å². The SMILES string of the molecule is NCCCCCC(=O)NN(CC(=O)O)CC(=O)O. The molecule has 8 heteroatoms. The second-order valence-electron chi connectivity index (χ2n) is 3.78. The van der Waals surface area contributed by atoms with Gasteiger partial charge in [-0.15, -0.1) is 0 Å². The molecule has 0 aromatic rings. The van der Waals surface area contributed by atoms with E-state index in [0.29, 0.717) is 13.0 Å². The van der Waals surface area contributed by atoms with Crippen molar-refractivity contribution in [2.75, 3.05) is 19.6 Å². The summed E-state index contributed by atoms with van der Waals surface area (Å²) in [6.07, 6.45) is 2.48. The van der Waals surface area contributed by atoms with E-state index in [-0.39, 0.29) is 6.42 Å². The molecule has 0 aliphatic rings. The summed E-state index contributed by atoms with van der Waals surface area (Å²) in [4.78, 5) is 32.4. The molecule has 0 fully saturated rings. The first-order valence-electron chi connectivity index (χ1n) is 5.63. The van der Waals surface area contributed by atoms with E-state index in [1.807, 2.05) is 0 Å². The molecule has 0 aromatic carbocycles. The third-order valence-electron chi connectivity index (χ3n) is 2.04. The van der Waals surface area contributed by atoms with Crippen molar-refractivity contribution in [3.63, 3.8) is 0 Å². The number of carboxylic acid groups (broad SMARTS) is 2. The molecule has 0 radical (unpaired) electrons. The molecule has 0 bridgehead atoms. The van der Waals surface area contributed by atoms with Gasteiger partial charge in [-0.3, -0.25) is 19.8 Å². The van der Waals surface area contributed by atoms with Crippen molar-refractivity contribution >= 4 is 17.8 Å². The van der Waals surface area contributed by atoms with E-state index in [4.69, 9.17) is 15.9 Å². The largest absolute Gasteiger partial charge is 0.480 e. The first-order chi connectivity index (χ1) is 8.45. The molecule has 1 amide bonds. The highest BCUT2D eigenvalue weighted by molar-refractivity contribution is 5.77. The fourth-order valence-electron chi connectivity index (χ4n) is 1.30. The summed E-state index contributed by atoms with van der Waals surface area (Å²) in [5, 5.41) is 18.0. The predicted molar refractivity (Wildman–Crippen MR) is 62.5 cm³/mol. The number of unbranched alkanes of at least 4 members (excludes halogenated alkanes) is 2. The molecular weight excluding hydrogens is 242 g/mol. The van der Waals surface area contributed by atoms with Crippen LogP contribution in [0.15, 0.2) is 0 Å². The topological polar surface area (TPSA) is 133 Å². The van der Waals surface area contributed by atoms with Crippen LogP contribution in [0.5, 0.6) is 0 Å². The molecule has 5 N–H and O–H groups in total. The maximum absolute atomic E-state index is 11.4. The molecule has 0 saturated heterocycles. The van der Waals surface area contributed by atoms with Gasteiger partial charge in [0.2, 0.25) is 5.91 Å². The second kappa shape index (κ2) is 9.37. The minimum Gasteiger partial charge on any atom is -0.480 e. The normalized spacial score (nSPS) is 10.3. The van der Waals surface area contributed by atoms with Crippen LogP contribution < -0.4 is 11.2 Å². The number of amides is 1. The molecular formula is C10H19N3O5. The van der Waals surface area contributed by atoms with Gasteiger partial charge < -0.3 is 15.9 Å². The van der Waals surface area contributed by atoms with Crippen molar-refractivity contribution in [1.82, 2.24) is 10.4 Å². The Morgan fingerprint density at radius 2 is 1.56 bits per heavy atom. The van der Waals surface area contributed by atoms with Gasteiger partial charge in [0.25, 0.3) is 0 Å². The Morgan fingerprint density at radius 3 is 2.00 bits per heavy atom. The van der Waals surface area contributed by atoms with Crippen molar-refractivity contribution in [3.05, 3.63) is 0 Å². The van der Waals surface area contributed by atoms with E-state index >= 15 is 0 Å². The summed E-state index contributed by atoms with van der Waals surface area (Å²) in [6.45, 7) is -0.548. The molecule has 0 heterocycles. The van der Waals surface area contributed by atoms with E-state index in [1.165, 1.54) is 0 Å². The Balaban J connectivity index is 4.01. The highest BCUT2D eigenvalue weighted by Gasteiger charge is 2.15. The summed E-state index contributed by atoms with van der Waals surface area (Å²) < 4.78 is 0. The van der Waals surface area contributed by atoms with Crippen molar-refractivity contribution in [2.24, 2.45) is 5.73 Å². The first-order valence-corrected chi connectivity index (χ1v) is 5.63. The van der Waals surface area contributed by atoms with Crippen LogP contribution in [-0.2, 0) is 14.4 Å². The number of aliphatic carboxylic acids is 2. The number of carboxylic acids is 2. The summed E-state index contributed by atoms with van der Waals surface area (Å²) in [5.41, 5.74) is 7.55. The van der Waals surface area contributed by atoms with E-state index in [2.05, 4.69) is 5.43 Å². The van der Waals surface area contributed by atoms with Crippen LogP contribution >= 0.6 is 0 Å². The summed E-state index contributed by atoms with van der Waals surface area (Å²) in [5.74, 6) is -2.81. The zero-order valence-corrected chi connectivity index (χ0v) is 10.1. The quantitative estimate of drug-likeness (QED) is 0.293. The Morgan fingerprint density at radius 1 is 1.00 bits per heavy atom. The van der Waals surface area contributed by atoms with Gasteiger partial charge in [0.05, 0.1) is 0 Å². The Labute approximate surface area is 105 Å². The van der Waals surface area contributed by atoms with E-state index in [1.54, 1.807) is 0 Å². The van der Waals surface area contributed by atoms with Gasteiger partial charge >= 0.3 is 11.9 Å². The van der Waals surface area contributed by atoms with Gasteiger partial charge in [0.1, 0.15) is 13.1 Å². The maximum atomic E-state index is 11.4. The van der Waals surface area contributed by atoms with Crippen LogP contribution in [0, 0.1) is 0 Å². The lowest BCUT2D eigenvalue weighted by atomic mass is 10.2. The molecule has 0 aliphatic heterocycles. The van der Waals surface area contributed by atoms with Gasteiger partial charge in [-0.1, -0.05) is 6.42 Å². The number of carbonyl (C=O) groups excluding carboxylic acids is 1. The number of hydrogen-bond acceptors (Lipinski definition) is 5. The molecule has 0 atom stereocenters. The molecule has 0 spiro atoms. The Hall–Kier alpha value is -1.67. The monoisotopic (exact) mass is 261 g/mol. The van der Waals surface area contributed by atoms with Crippen molar-refractivity contribution < 1.29 is 24.6 Å². The smallest absolute Gasteiger partial charge is 0.319 e. The number of nitrogens with one attached hydrogen (secondary N) is 1. The molecule has 8 nitrogen and oxygen atoms in total. The lowest BCUT2D eigenvalue weighted by Crippen LogP contribution is -2.47. The standard InChI is InChI=1S/C10H19N3O5/c11-5-3-1-2-4-8(14)12-13(6-9(15)16)7-10(17)18/h1-7,11H2,(H,12,14)(H,15,16)(H,17,18). The van der Waals surface area contributed by atoms with Crippen molar-refractivity contribution in [2.45, 2.75) is 25.7 Å². The van der Waals surface area contributed by atoms with E-state index in [0.717, 1.165) is 17.9 Å². The average Bonchev–Trinajstić information content (AvgIpc) is 2.22. The number of rotatable bonds is 10. The van der Waals surface area contributed by atoms with Gasteiger partial charge in [-0.2, -0.15) is 5.01 Å². The average molecular weight is 261 g/mol. The van der Waals surface area contributed by atoms with E-state index < -0.39 is 30.9 Å². The van der Waals surface area contributed by atoms with E-state index in [9.17, 15) is 14.4 Å². The van der Waals surface area contributed by atoms with Gasteiger partial charge in [0.15, 0.2) is 0 Å². The van der Waals surface area contributed by atoms with Gasteiger partial charge in [-0.25, -0.2) is 0 Å². The highest BCUT2D eigenvalue weighted by atomic mass is 16.4. The highest BCUT2D eigenvalue weighted by Crippen LogP contribution is 1.98. The number of nitrogens with zero attached hydrogens (tertiary/aromatic N) is 1. The zero-order valence-electron chi connectivity index (χ0n) is 10.1. The molecule has 18 heavy (non-hydrogen) atoms. The summed E-state index contributed by atoms with van der Waals surface area (Å²) in [6, 6.07) is 0. The number of hydrogen-bond donors (Lipinski definition) is 4. The predicted octanol–water partition coefficient (Wildman–Crippen LogP) is -0.992. The van der Waals surface area contributed by atoms with Crippen LogP contribution in [0.25, 0.3) is 0 Å². The third kappa shape index (κ3) is 9.55. The van der Waals surface area contributed by atoms with Crippen LogP contribution in [0.3, 0.4) is 0 Å². The van der Waals surface area contributed by atoms with Gasteiger partial charge in [-0.05, 0) is 19.4 Å². The molecule has 0 saturated carbocycles. The maximum Gasteiger partial charge on any atom is 0.319 e. The lowest BCUT2D eigenvalue weighted by molar-refractivity contribution is -0.144. The fraction of sp³-hybridized carbons (Fsp3) is 0.700. The van der Waals surface area contributed by atoms with Crippen LogP contribution in [0.1, 0.15) is 25.7 Å². The number of carbonyl (C=O) groups is 3. The Kier molecular flexibility index (Phi) is 8.50. The van der Waals surface area contributed by atoms with Gasteiger partial charge in [0, 0.05) is 6.42 Å². The summed E-state index contributed by atoms with van der Waals surface area (Å²) in [7, 11) is 0. The molecule has 0 rings (SSSR count). The molecule has 0 unspecified atom stereocenters. The Bertz CT molecular complexity index is 279. The fourth-order valence-corrected chi connectivity index (χ4v) is 1.30. The second-order valence-corrected chi connectivity index (χ2v) is 3.78. The zero-order chi connectivity index (χ0) is 14.0. The third-order valence-corrected chi connectivity index (χ3v) is 2.04. The van der Waals surface area contributed by atoms with Crippen LogP contribution in [0.4, 0.5) is 0 Å². The minimum atomic E-state index is -1.21. The molecule has 104 valence electrons. The molecule has 0 aromatic heterocycles. The lowest BCUT2D eigenvalue weighted by Gasteiger charge is -2.18. The number of nitrogens with two attached hydrogens (primary N) is 1. The number of hydrazine groups is 1. The van der Waals surface area contributed by atoms with Crippen molar-refractivity contribution in [3.8, 4) is 0 Å².